The van der Waals surface area contributed by atoms with Crippen molar-refractivity contribution in [2.75, 3.05) is 78.5 Å². The summed E-state index contributed by atoms with van der Waals surface area (Å²) < 4.78 is 0. The Morgan fingerprint density at radius 2 is 0.486 bits per heavy atom. The molecule has 1 aliphatic heterocycles. The summed E-state index contributed by atoms with van der Waals surface area (Å²) in [6, 6.07) is 34.5. The van der Waals surface area contributed by atoms with Gasteiger partial charge in [0.1, 0.15) is 0 Å². The highest BCUT2D eigenvalue weighted by Gasteiger charge is 2.31. The lowest BCUT2D eigenvalue weighted by Gasteiger charge is -2.37. The van der Waals surface area contributed by atoms with Crippen LogP contribution in [0.3, 0.4) is 0 Å². The van der Waals surface area contributed by atoms with Crippen LogP contribution in [0.25, 0.3) is 0 Å². The normalized spacial score (nSPS) is 20.3. The zero-order chi connectivity index (χ0) is 52.7. The molecule has 12 nitrogen and oxygen atoms in total. The number of nitrogens with zero attached hydrogens (tertiary/aromatic N) is 4. The molecule has 0 bridgehead atoms. The van der Waals surface area contributed by atoms with Gasteiger partial charge >= 0.3 is 23.6 Å². The van der Waals surface area contributed by atoms with Crippen LogP contribution in [0.5, 0.6) is 0 Å². The lowest BCUT2D eigenvalue weighted by Crippen LogP contribution is -2.51. The summed E-state index contributed by atoms with van der Waals surface area (Å²) in [6.07, 6.45) is 0. The molecular weight excluding hydrogens is 897 g/mol. The van der Waals surface area contributed by atoms with Gasteiger partial charge in [-0.25, -0.2) is 0 Å². The Bertz CT molecular complexity index is 2020. The number of aryl methyl sites for hydroxylation is 4. The Balaban J connectivity index is 1.42. The van der Waals surface area contributed by atoms with Gasteiger partial charge < -0.3 is 21.3 Å². The topological polar surface area (TPSA) is 129 Å². The summed E-state index contributed by atoms with van der Waals surface area (Å²) in [5.41, 5.74) is 8.05. The van der Waals surface area contributed by atoms with Crippen molar-refractivity contribution in [1.82, 2.24) is 40.9 Å². The molecule has 1 aliphatic rings. The van der Waals surface area contributed by atoms with Crippen molar-refractivity contribution in [2.45, 2.75) is 109 Å². The van der Waals surface area contributed by atoms with E-state index in [4.69, 9.17) is 0 Å². The van der Waals surface area contributed by atoms with E-state index in [1.807, 2.05) is 0 Å². The molecule has 0 atom stereocenters. The number of rotatable bonds is 8. The van der Waals surface area contributed by atoms with Gasteiger partial charge in [-0.05, 0) is 71.6 Å². The average molecular weight is 985 g/mol. The monoisotopic (exact) mass is 985 g/mol. The van der Waals surface area contributed by atoms with Crippen LogP contribution in [0.1, 0.15) is 99.9 Å². The molecule has 1 fully saturated rings. The van der Waals surface area contributed by atoms with Crippen LogP contribution in [-0.4, -0.2) is 122 Å². The maximum absolute atomic E-state index is 13.5. The molecule has 4 aromatic rings. The second-order valence-electron chi connectivity index (χ2n) is 24.2. The SMILES string of the molecule is Cc1ccc(CN2CCN(Cc3ccc(C)cc3)CC(C)(C)CNC(=O)C(=O)NCC(C)(C)CN(Cc3ccc(C)cc3)CCN(Cc3ccc(C)cc3)CC(C)(C)CNC(=O)C(=O)NCC(C)(C)C2)cc1. The molecule has 72 heavy (non-hydrogen) atoms. The van der Waals surface area contributed by atoms with Crippen LogP contribution in [0, 0.1) is 49.4 Å². The maximum Gasteiger partial charge on any atom is 0.309 e. The highest BCUT2D eigenvalue weighted by Crippen LogP contribution is 2.24. The number of nitrogens with one attached hydrogen (secondary N) is 4. The standard InChI is InChI=1S/C60H88N8O4/c1-45-13-21-49(22-14-45)33-65-29-30-66(34-50-23-15-46(2)16-24-50)42-58(7,8)38-62-55(71)56(72)64-40-60(11,12)44-68(36-52-27-19-48(4)20-28-52)32-31-67(35-51-25-17-47(3)18-26-51)43-59(9,10)39-63-54(70)53(69)61-37-57(5,6)41-65/h13-28H,29-44H2,1-12H3,(H,61,69)(H,62,71)(H,63,70)(H,64,72). The molecule has 1 heterocycles. The van der Waals surface area contributed by atoms with Gasteiger partial charge in [0.25, 0.3) is 0 Å². The number of hydrogen-bond acceptors (Lipinski definition) is 8. The lowest BCUT2D eigenvalue weighted by atomic mass is 9.91. The smallest absolute Gasteiger partial charge is 0.309 e. The Morgan fingerprint density at radius 3 is 0.653 bits per heavy atom. The predicted octanol–water partition coefficient (Wildman–Crippen LogP) is 7.81. The second-order valence-corrected chi connectivity index (χ2v) is 24.2. The third-order valence-corrected chi connectivity index (χ3v) is 13.5. The Kier molecular flexibility index (Phi) is 20.8. The van der Waals surface area contributed by atoms with E-state index in [1.165, 1.54) is 44.5 Å². The van der Waals surface area contributed by atoms with Gasteiger partial charge in [0.2, 0.25) is 0 Å². The summed E-state index contributed by atoms with van der Waals surface area (Å²) in [7, 11) is 0. The summed E-state index contributed by atoms with van der Waals surface area (Å²) in [5, 5.41) is 12.0. The van der Waals surface area contributed by atoms with Gasteiger partial charge in [0, 0.05) is 105 Å². The molecule has 0 saturated carbocycles. The van der Waals surface area contributed by atoms with Gasteiger partial charge in [0.05, 0.1) is 0 Å². The molecular formula is C60H88N8O4. The minimum absolute atomic E-state index is 0.320. The van der Waals surface area contributed by atoms with E-state index < -0.39 is 23.6 Å². The molecule has 392 valence electrons. The van der Waals surface area contributed by atoms with Crippen LogP contribution in [-0.2, 0) is 45.4 Å². The fraction of sp³-hybridized carbons (Fsp3) is 0.533. The largest absolute Gasteiger partial charge is 0.347 e. The highest BCUT2D eigenvalue weighted by atomic mass is 16.2. The third kappa shape index (κ3) is 20.6. The summed E-state index contributed by atoms with van der Waals surface area (Å²) >= 11 is 0. The quantitative estimate of drug-likeness (QED) is 0.132. The minimum Gasteiger partial charge on any atom is -0.347 e. The van der Waals surface area contributed by atoms with Crippen molar-refractivity contribution in [3.63, 3.8) is 0 Å². The van der Waals surface area contributed by atoms with Crippen LogP contribution in [0.4, 0.5) is 0 Å². The number of hydrogen-bond donors (Lipinski definition) is 4. The van der Waals surface area contributed by atoms with Crippen LogP contribution in [0.2, 0.25) is 0 Å². The van der Waals surface area contributed by atoms with E-state index in [1.54, 1.807) is 0 Å². The minimum atomic E-state index is -0.627. The van der Waals surface area contributed by atoms with Crippen LogP contribution >= 0.6 is 0 Å². The highest BCUT2D eigenvalue weighted by molar-refractivity contribution is 6.35. The number of carbonyl (C=O) groups excluding carboxylic acids is 4. The first-order valence-electron chi connectivity index (χ1n) is 26.1. The molecule has 0 aromatic heterocycles. The fourth-order valence-corrected chi connectivity index (χ4v) is 9.47. The van der Waals surface area contributed by atoms with Gasteiger partial charge in [-0.15, -0.1) is 0 Å². The Morgan fingerprint density at radius 1 is 0.319 bits per heavy atom. The molecule has 5 rings (SSSR count). The molecule has 1 saturated heterocycles. The van der Waals surface area contributed by atoms with Gasteiger partial charge in [0.15, 0.2) is 0 Å². The van der Waals surface area contributed by atoms with Crippen LogP contribution in [0.15, 0.2) is 97.1 Å². The zero-order valence-electron chi connectivity index (χ0n) is 46.0. The molecule has 0 unspecified atom stereocenters. The Hall–Kier alpha value is -5.40. The van der Waals surface area contributed by atoms with Crippen molar-refractivity contribution >= 4 is 23.6 Å². The maximum atomic E-state index is 13.5. The van der Waals surface area contributed by atoms with Crippen molar-refractivity contribution < 1.29 is 19.2 Å². The summed E-state index contributed by atoms with van der Waals surface area (Å²) in [5.74, 6) is -2.51. The van der Waals surface area contributed by atoms with E-state index in [9.17, 15) is 19.2 Å². The molecule has 4 aromatic carbocycles. The first-order valence-corrected chi connectivity index (χ1v) is 26.1. The van der Waals surface area contributed by atoms with Gasteiger partial charge in [-0.1, -0.05) is 175 Å². The molecule has 0 radical (unpaired) electrons. The first kappa shape index (κ1) is 57.5. The van der Waals surface area contributed by atoms with E-state index in [0.29, 0.717) is 78.5 Å². The summed E-state index contributed by atoms with van der Waals surface area (Å²) in [6.45, 7) is 35.1. The van der Waals surface area contributed by atoms with Crippen molar-refractivity contribution in [2.24, 2.45) is 21.7 Å². The number of carbonyl (C=O) groups is 4. The number of benzene rings is 4. The molecule has 4 amide bonds. The fourth-order valence-electron chi connectivity index (χ4n) is 9.47. The third-order valence-electron chi connectivity index (χ3n) is 13.5. The molecule has 4 N–H and O–H groups in total. The van der Waals surface area contributed by atoms with Crippen molar-refractivity contribution in [3.05, 3.63) is 142 Å². The van der Waals surface area contributed by atoms with Crippen LogP contribution < -0.4 is 21.3 Å². The van der Waals surface area contributed by atoms with Gasteiger partial charge in [-0.3, -0.25) is 38.8 Å². The summed E-state index contributed by atoms with van der Waals surface area (Å²) in [4.78, 5) is 63.9. The van der Waals surface area contributed by atoms with Crippen molar-refractivity contribution in [3.8, 4) is 0 Å². The van der Waals surface area contributed by atoms with E-state index in [-0.39, 0.29) is 21.7 Å². The molecule has 12 heteroatoms. The number of amides is 4. The van der Waals surface area contributed by atoms with Gasteiger partial charge in [-0.2, -0.15) is 0 Å². The van der Waals surface area contributed by atoms with E-state index in [2.05, 4.69) is 221 Å². The first-order chi connectivity index (χ1) is 33.8. The molecule has 0 spiro atoms. The van der Waals surface area contributed by atoms with E-state index >= 15 is 0 Å². The Labute approximate surface area is 433 Å². The molecule has 0 aliphatic carbocycles. The predicted molar refractivity (Wildman–Crippen MR) is 293 cm³/mol. The second kappa shape index (κ2) is 26.0. The average Bonchev–Trinajstić information content (AvgIpc) is 3.31. The lowest BCUT2D eigenvalue weighted by molar-refractivity contribution is -0.139. The van der Waals surface area contributed by atoms with E-state index in [0.717, 1.165) is 26.2 Å². The zero-order valence-corrected chi connectivity index (χ0v) is 46.0. The van der Waals surface area contributed by atoms with Crippen molar-refractivity contribution in [1.29, 1.82) is 0 Å².